The van der Waals surface area contributed by atoms with Crippen molar-refractivity contribution in [2.75, 3.05) is 5.32 Å². The number of ether oxygens (including phenoxy) is 1. The van der Waals surface area contributed by atoms with E-state index in [9.17, 15) is 14.9 Å². The fourth-order valence-electron chi connectivity index (χ4n) is 2.47. The van der Waals surface area contributed by atoms with Crippen molar-refractivity contribution in [2.24, 2.45) is 0 Å². The molecule has 3 rings (SSSR count). The summed E-state index contributed by atoms with van der Waals surface area (Å²) in [4.78, 5) is 31.1. The minimum Gasteiger partial charge on any atom is -0.444 e. The second-order valence-corrected chi connectivity index (χ2v) is 7.83. The van der Waals surface area contributed by atoms with Crippen LogP contribution in [0.15, 0.2) is 36.8 Å². The van der Waals surface area contributed by atoms with Gasteiger partial charge in [0, 0.05) is 21.9 Å². The number of hydrogen-bond acceptors (Lipinski definition) is 6. The first-order valence-corrected chi connectivity index (χ1v) is 9.00. The molecular formula is C17H16IN5O4. The minimum atomic E-state index is -0.641. The van der Waals surface area contributed by atoms with Gasteiger partial charge in [0.25, 0.3) is 5.69 Å². The maximum Gasteiger partial charge on any atom is 0.413 e. The number of nitro benzene ring substituents is 1. The van der Waals surface area contributed by atoms with Crippen LogP contribution in [0, 0.1) is 13.7 Å². The molecule has 0 radical (unpaired) electrons. The van der Waals surface area contributed by atoms with E-state index in [0.717, 1.165) is 3.57 Å². The summed E-state index contributed by atoms with van der Waals surface area (Å²) in [5.74, 6) is 0.308. The predicted molar refractivity (Wildman–Crippen MR) is 108 cm³/mol. The third-order valence-corrected chi connectivity index (χ3v) is 4.29. The van der Waals surface area contributed by atoms with Gasteiger partial charge in [0.15, 0.2) is 5.65 Å². The molecule has 0 bridgehead atoms. The van der Waals surface area contributed by atoms with Crippen molar-refractivity contribution >= 4 is 51.2 Å². The van der Waals surface area contributed by atoms with E-state index in [1.807, 2.05) is 0 Å². The summed E-state index contributed by atoms with van der Waals surface area (Å²) in [5, 5.41) is 14.3. The van der Waals surface area contributed by atoms with Gasteiger partial charge in [-0.3, -0.25) is 20.0 Å². The van der Waals surface area contributed by atoms with Crippen LogP contribution >= 0.6 is 22.6 Å². The van der Waals surface area contributed by atoms with Gasteiger partial charge >= 0.3 is 6.09 Å². The second-order valence-electron chi connectivity index (χ2n) is 6.67. The predicted octanol–water partition coefficient (Wildman–Crippen LogP) is 4.28. The van der Waals surface area contributed by atoms with E-state index in [1.165, 1.54) is 18.5 Å². The van der Waals surface area contributed by atoms with Crippen LogP contribution in [0.25, 0.3) is 16.7 Å². The van der Waals surface area contributed by atoms with E-state index in [4.69, 9.17) is 4.74 Å². The summed E-state index contributed by atoms with van der Waals surface area (Å²) in [6.07, 6.45) is 2.47. The summed E-state index contributed by atoms with van der Waals surface area (Å²) >= 11 is 2.10. The Morgan fingerprint density at radius 3 is 2.74 bits per heavy atom. The van der Waals surface area contributed by atoms with Gasteiger partial charge in [-0.2, -0.15) is 0 Å². The first-order valence-electron chi connectivity index (χ1n) is 7.92. The maximum atomic E-state index is 12.1. The molecule has 2 aromatic heterocycles. The Morgan fingerprint density at radius 1 is 1.33 bits per heavy atom. The molecule has 2 heterocycles. The van der Waals surface area contributed by atoms with E-state index in [-0.39, 0.29) is 5.69 Å². The number of nitrogens with one attached hydrogen (secondary N) is 1. The second kappa shape index (κ2) is 7.10. The van der Waals surface area contributed by atoms with Gasteiger partial charge < -0.3 is 4.74 Å². The average molecular weight is 481 g/mol. The fourth-order valence-corrected chi connectivity index (χ4v) is 3.24. The highest BCUT2D eigenvalue weighted by atomic mass is 127. The van der Waals surface area contributed by atoms with Crippen molar-refractivity contribution in [3.8, 4) is 5.69 Å². The quantitative estimate of drug-likeness (QED) is 0.340. The number of benzene rings is 1. The normalized spacial score (nSPS) is 11.4. The van der Waals surface area contributed by atoms with Gasteiger partial charge in [-0.25, -0.2) is 14.8 Å². The number of carbonyl (C=O) groups is 1. The van der Waals surface area contributed by atoms with Crippen molar-refractivity contribution < 1.29 is 14.5 Å². The number of anilines is 1. The third kappa shape index (κ3) is 4.15. The van der Waals surface area contributed by atoms with E-state index < -0.39 is 16.6 Å². The van der Waals surface area contributed by atoms with Crippen LogP contribution < -0.4 is 5.32 Å². The highest BCUT2D eigenvalue weighted by Crippen LogP contribution is 2.30. The molecule has 10 heteroatoms. The Kier molecular flexibility index (Phi) is 5.00. The van der Waals surface area contributed by atoms with Gasteiger partial charge in [0.1, 0.15) is 17.7 Å². The smallest absolute Gasteiger partial charge is 0.413 e. The Bertz CT molecular complexity index is 1040. The molecule has 0 unspecified atom stereocenters. The van der Waals surface area contributed by atoms with Crippen LogP contribution in [-0.4, -0.2) is 31.2 Å². The molecule has 1 amide bonds. The molecule has 0 aliphatic rings. The van der Waals surface area contributed by atoms with Crippen molar-refractivity contribution in [1.82, 2.24) is 14.5 Å². The highest BCUT2D eigenvalue weighted by Gasteiger charge is 2.20. The molecular weight excluding hydrogens is 465 g/mol. The number of non-ortho nitro benzene ring substituents is 1. The van der Waals surface area contributed by atoms with Crippen LogP contribution in [0.5, 0.6) is 0 Å². The first-order chi connectivity index (χ1) is 12.7. The number of rotatable bonds is 3. The largest absolute Gasteiger partial charge is 0.444 e. The lowest BCUT2D eigenvalue weighted by Crippen LogP contribution is -2.27. The lowest BCUT2D eigenvalue weighted by atomic mass is 10.2. The van der Waals surface area contributed by atoms with Crippen molar-refractivity contribution in [3.63, 3.8) is 0 Å². The molecule has 0 fully saturated rings. The first kappa shape index (κ1) is 19.0. The molecule has 0 saturated carbocycles. The molecule has 1 aromatic carbocycles. The van der Waals surface area contributed by atoms with Crippen LogP contribution in [-0.2, 0) is 4.74 Å². The SMILES string of the molecule is CC(C)(C)OC(=O)Nc1ncnc2c1c(I)cn2-c1cccc([N+](=O)[O-])c1. The van der Waals surface area contributed by atoms with E-state index in [0.29, 0.717) is 22.5 Å². The zero-order valence-electron chi connectivity index (χ0n) is 14.8. The molecule has 1 N–H and O–H groups in total. The Morgan fingerprint density at radius 2 is 2.07 bits per heavy atom. The topological polar surface area (TPSA) is 112 Å². The van der Waals surface area contributed by atoms with Crippen molar-refractivity contribution in [2.45, 2.75) is 26.4 Å². The number of fused-ring (bicyclic) bond motifs is 1. The summed E-state index contributed by atoms with van der Waals surface area (Å²) in [5.41, 5.74) is 0.434. The van der Waals surface area contributed by atoms with Crippen LogP contribution in [0.4, 0.5) is 16.3 Å². The van der Waals surface area contributed by atoms with Crippen LogP contribution in [0.1, 0.15) is 20.8 Å². The highest BCUT2D eigenvalue weighted by molar-refractivity contribution is 14.1. The molecule has 3 aromatic rings. The van der Waals surface area contributed by atoms with Gasteiger partial charge in [-0.05, 0) is 49.4 Å². The molecule has 0 aliphatic heterocycles. The number of halogens is 1. The third-order valence-electron chi connectivity index (χ3n) is 3.47. The van der Waals surface area contributed by atoms with Gasteiger partial charge in [0.05, 0.1) is 16.0 Å². The van der Waals surface area contributed by atoms with Gasteiger partial charge in [0.2, 0.25) is 0 Å². The molecule has 140 valence electrons. The van der Waals surface area contributed by atoms with Crippen molar-refractivity contribution in [1.29, 1.82) is 0 Å². The van der Waals surface area contributed by atoms with Gasteiger partial charge in [-0.15, -0.1) is 0 Å². The molecule has 27 heavy (non-hydrogen) atoms. The lowest BCUT2D eigenvalue weighted by molar-refractivity contribution is -0.384. The van der Waals surface area contributed by atoms with E-state index in [1.54, 1.807) is 43.7 Å². The average Bonchev–Trinajstić information content (AvgIpc) is 2.91. The number of aromatic nitrogens is 3. The number of amides is 1. The molecule has 0 atom stereocenters. The molecule has 0 aliphatic carbocycles. The number of carbonyl (C=O) groups excluding carboxylic acids is 1. The molecule has 0 saturated heterocycles. The zero-order chi connectivity index (χ0) is 19.8. The number of nitrogens with zero attached hydrogens (tertiary/aromatic N) is 4. The molecule has 0 spiro atoms. The van der Waals surface area contributed by atoms with Gasteiger partial charge in [-0.1, -0.05) is 6.07 Å². The monoisotopic (exact) mass is 481 g/mol. The van der Waals surface area contributed by atoms with Crippen molar-refractivity contribution in [3.05, 3.63) is 50.5 Å². The summed E-state index contributed by atoms with van der Waals surface area (Å²) in [7, 11) is 0. The lowest BCUT2D eigenvalue weighted by Gasteiger charge is -2.19. The fraction of sp³-hybridized carbons (Fsp3) is 0.235. The summed E-state index contributed by atoms with van der Waals surface area (Å²) in [6, 6.07) is 6.22. The Balaban J connectivity index is 2.05. The minimum absolute atomic E-state index is 0.0227. The molecule has 9 nitrogen and oxygen atoms in total. The number of nitro groups is 1. The van der Waals surface area contributed by atoms with E-state index in [2.05, 4.69) is 37.9 Å². The maximum absolute atomic E-state index is 12.1. The Labute approximate surface area is 168 Å². The standard InChI is InChI=1S/C17H16IN5O4/c1-17(2,3)27-16(24)21-14-13-12(18)8-22(15(13)20-9-19-14)10-5-4-6-11(7-10)23(25)26/h4-9H,1-3H3,(H,19,20,21,24). The summed E-state index contributed by atoms with van der Waals surface area (Å²) < 4.78 is 7.76. The van der Waals surface area contributed by atoms with Crippen LogP contribution in [0.3, 0.4) is 0 Å². The Hall–Kier alpha value is -2.76. The zero-order valence-corrected chi connectivity index (χ0v) is 16.9. The van der Waals surface area contributed by atoms with Crippen LogP contribution in [0.2, 0.25) is 0 Å². The number of hydrogen-bond donors (Lipinski definition) is 1. The summed E-state index contributed by atoms with van der Waals surface area (Å²) in [6.45, 7) is 5.31. The van der Waals surface area contributed by atoms with E-state index >= 15 is 0 Å².